The molecule has 0 radical (unpaired) electrons. The van der Waals surface area contributed by atoms with E-state index in [1.54, 1.807) is 11.8 Å². The predicted molar refractivity (Wildman–Crippen MR) is 98.9 cm³/mol. The highest BCUT2D eigenvalue weighted by molar-refractivity contribution is 7.98. The molecule has 2 rings (SSSR count). The average molecular weight is 331 g/mol. The lowest BCUT2D eigenvalue weighted by Gasteiger charge is -2.20. The van der Waals surface area contributed by atoms with E-state index < -0.39 is 0 Å². The van der Waals surface area contributed by atoms with Gasteiger partial charge in [0.2, 0.25) is 5.16 Å². The summed E-state index contributed by atoms with van der Waals surface area (Å²) in [7, 11) is 0. The van der Waals surface area contributed by atoms with Gasteiger partial charge in [0.05, 0.1) is 6.21 Å². The van der Waals surface area contributed by atoms with Gasteiger partial charge in [-0.05, 0) is 37.8 Å². The van der Waals surface area contributed by atoms with Gasteiger partial charge in [0.1, 0.15) is 0 Å². The molecule has 0 bridgehead atoms. The fraction of sp³-hybridized carbons (Fsp3) is 0.471. The molecule has 0 aliphatic rings. The van der Waals surface area contributed by atoms with Gasteiger partial charge >= 0.3 is 0 Å². The first-order valence-electron chi connectivity index (χ1n) is 7.99. The number of aromatic nitrogens is 3. The highest BCUT2D eigenvalue weighted by Crippen LogP contribution is 2.19. The van der Waals surface area contributed by atoms with Crippen LogP contribution >= 0.6 is 11.8 Å². The van der Waals surface area contributed by atoms with Crippen LogP contribution in [0.25, 0.3) is 0 Å². The molecule has 0 atom stereocenters. The first-order chi connectivity index (χ1) is 11.1. The van der Waals surface area contributed by atoms with Crippen molar-refractivity contribution < 1.29 is 0 Å². The second kappa shape index (κ2) is 8.15. The van der Waals surface area contributed by atoms with Crippen LogP contribution < -0.4 is 4.90 Å². The maximum atomic E-state index is 4.58. The molecule has 1 aromatic heterocycles. The Morgan fingerprint density at radius 2 is 1.83 bits per heavy atom. The normalized spacial score (nSPS) is 11.6. The molecule has 124 valence electrons. The minimum atomic E-state index is 0.283. The van der Waals surface area contributed by atoms with Gasteiger partial charge in [-0.1, -0.05) is 37.7 Å². The molecule has 0 N–H and O–H groups in total. The van der Waals surface area contributed by atoms with Gasteiger partial charge in [0, 0.05) is 24.7 Å². The smallest absolute Gasteiger partial charge is 0.211 e. The van der Waals surface area contributed by atoms with Crippen molar-refractivity contribution in [2.75, 3.05) is 24.2 Å². The summed E-state index contributed by atoms with van der Waals surface area (Å²) < 4.78 is 1.83. The minimum absolute atomic E-state index is 0.283. The second-order valence-electron chi connectivity index (χ2n) is 5.52. The van der Waals surface area contributed by atoms with Gasteiger partial charge in [0.25, 0.3) is 0 Å². The first kappa shape index (κ1) is 17.5. The standard InChI is InChI=1S/C17H25N5S/c1-6-21(7-2)15-10-8-14(9-11-15)12-18-22-16(13(3)4)19-20-17(22)23-5/h8-13H,6-7H2,1-5H3/b18-12-. The van der Waals surface area contributed by atoms with Crippen molar-refractivity contribution >= 4 is 23.7 Å². The zero-order chi connectivity index (χ0) is 16.8. The third kappa shape index (κ3) is 4.13. The lowest BCUT2D eigenvalue weighted by atomic mass is 10.2. The van der Waals surface area contributed by atoms with Gasteiger partial charge < -0.3 is 4.90 Å². The fourth-order valence-corrected chi connectivity index (χ4v) is 2.79. The van der Waals surface area contributed by atoms with Crippen LogP contribution in [-0.2, 0) is 0 Å². The molecule has 0 fully saturated rings. The van der Waals surface area contributed by atoms with Crippen LogP contribution in [0.2, 0.25) is 0 Å². The number of rotatable bonds is 7. The van der Waals surface area contributed by atoms with Crippen LogP contribution in [0.1, 0.15) is 45.0 Å². The second-order valence-corrected chi connectivity index (χ2v) is 6.29. The summed E-state index contributed by atoms with van der Waals surface area (Å²) in [6.45, 7) is 10.6. The summed E-state index contributed by atoms with van der Waals surface area (Å²) in [6.07, 6.45) is 3.85. The van der Waals surface area contributed by atoms with Crippen molar-refractivity contribution in [3.05, 3.63) is 35.7 Å². The highest BCUT2D eigenvalue weighted by atomic mass is 32.2. The van der Waals surface area contributed by atoms with Crippen LogP contribution in [0.3, 0.4) is 0 Å². The Kier molecular flexibility index (Phi) is 6.21. The van der Waals surface area contributed by atoms with E-state index in [0.717, 1.165) is 29.6 Å². The maximum absolute atomic E-state index is 4.58. The molecule has 0 amide bonds. The van der Waals surface area contributed by atoms with Gasteiger partial charge in [-0.15, -0.1) is 10.2 Å². The van der Waals surface area contributed by atoms with Crippen molar-refractivity contribution in [1.82, 2.24) is 14.9 Å². The van der Waals surface area contributed by atoms with Crippen molar-refractivity contribution in [3.8, 4) is 0 Å². The number of thioether (sulfide) groups is 1. The summed E-state index contributed by atoms with van der Waals surface area (Å²) in [5.41, 5.74) is 2.31. The molecular formula is C17H25N5S. The minimum Gasteiger partial charge on any atom is -0.372 e. The average Bonchev–Trinajstić information content (AvgIpc) is 2.98. The number of nitrogens with zero attached hydrogens (tertiary/aromatic N) is 5. The van der Waals surface area contributed by atoms with Crippen molar-refractivity contribution in [2.24, 2.45) is 5.10 Å². The molecule has 0 unspecified atom stereocenters. The van der Waals surface area contributed by atoms with E-state index in [0.29, 0.717) is 0 Å². The van der Waals surface area contributed by atoms with Crippen molar-refractivity contribution in [2.45, 2.75) is 38.8 Å². The van der Waals surface area contributed by atoms with E-state index in [1.807, 2.05) is 17.1 Å². The summed E-state index contributed by atoms with van der Waals surface area (Å²) in [5.74, 6) is 1.16. The van der Waals surface area contributed by atoms with Crippen molar-refractivity contribution in [1.29, 1.82) is 0 Å². The van der Waals surface area contributed by atoms with Gasteiger partial charge in [-0.25, -0.2) is 0 Å². The third-order valence-corrected chi connectivity index (χ3v) is 4.30. The van der Waals surface area contributed by atoms with Gasteiger partial charge in [0.15, 0.2) is 5.82 Å². The Bertz CT molecular complexity index is 642. The lowest BCUT2D eigenvalue weighted by Crippen LogP contribution is -2.21. The Hall–Kier alpha value is -1.82. The summed E-state index contributed by atoms with van der Waals surface area (Å²) in [6, 6.07) is 8.46. The molecule has 2 aromatic rings. The van der Waals surface area contributed by atoms with Crippen LogP contribution in [0.4, 0.5) is 5.69 Å². The van der Waals surface area contributed by atoms with Crippen LogP contribution in [0, 0.1) is 0 Å². The zero-order valence-electron chi connectivity index (χ0n) is 14.5. The van der Waals surface area contributed by atoms with Crippen LogP contribution in [0.15, 0.2) is 34.5 Å². The SMILES string of the molecule is CCN(CC)c1ccc(/C=N\n2c(SC)nnc2C(C)C)cc1. The number of hydrogen-bond donors (Lipinski definition) is 0. The molecular weight excluding hydrogens is 306 g/mol. The summed E-state index contributed by atoms with van der Waals surface area (Å²) >= 11 is 1.55. The molecule has 5 nitrogen and oxygen atoms in total. The molecule has 23 heavy (non-hydrogen) atoms. The largest absolute Gasteiger partial charge is 0.372 e. The zero-order valence-corrected chi connectivity index (χ0v) is 15.3. The Morgan fingerprint density at radius 3 is 2.35 bits per heavy atom. The van der Waals surface area contributed by atoms with Crippen LogP contribution in [0.5, 0.6) is 0 Å². The third-order valence-electron chi connectivity index (χ3n) is 3.68. The molecule has 0 spiro atoms. The Labute approximate surface area is 142 Å². The first-order valence-corrected chi connectivity index (χ1v) is 9.21. The number of anilines is 1. The molecule has 6 heteroatoms. The molecule has 0 aliphatic carbocycles. The Morgan fingerprint density at radius 1 is 1.17 bits per heavy atom. The molecule has 1 heterocycles. The fourth-order valence-electron chi connectivity index (χ4n) is 2.36. The number of hydrogen-bond acceptors (Lipinski definition) is 5. The topological polar surface area (TPSA) is 46.3 Å². The molecule has 0 aliphatic heterocycles. The lowest BCUT2D eigenvalue weighted by molar-refractivity contribution is 0.668. The molecule has 1 aromatic carbocycles. The predicted octanol–water partition coefficient (Wildman–Crippen LogP) is 3.85. The van der Waals surface area contributed by atoms with Crippen LogP contribution in [-0.4, -0.2) is 40.4 Å². The maximum Gasteiger partial charge on any atom is 0.211 e. The van der Waals surface area contributed by atoms with E-state index in [1.165, 1.54) is 5.69 Å². The van der Waals surface area contributed by atoms with E-state index in [9.17, 15) is 0 Å². The van der Waals surface area contributed by atoms with Gasteiger partial charge in [-0.3, -0.25) is 0 Å². The van der Waals surface area contributed by atoms with Crippen molar-refractivity contribution in [3.63, 3.8) is 0 Å². The Balaban J connectivity index is 2.22. The van der Waals surface area contributed by atoms with E-state index in [4.69, 9.17) is 0 Å². The summed E-state index contributed by atoms with van der Waals surface area (Å²) in [4.78, 5) is 2.32. The van der Waals surface area contributed by atoms with E-state index in [2.05, 4.69) is 72.2 Å². The number of benzene rings is 1. The van der Waals surface area contributed by atoms with E-state index >= 15 is 0 Å². The molecule has 0 saturated heterocycles. The summed E-state index contributed by atoms with van der Waals surface area (Å²) in [5, 5.41) is 13.8. The van der Waals surface area contributed by atoms with E-state index in [-0.39, 0.29) is 5.92 Å². The monoisotopic (exact) mass is 331 g/mol. The highest BCUT2D eigenvalue weighted by Gasteiger charge is 2.13. The quantitative estimate of drug-likeness (QED) is 0.571. The molecule has 0 saturated carbocycles. The van der Waals surface area contributed by atoms with Gasteiger partial charge in [-0.2, -0.15) is 9.78 Å².